The van der Waals surface area contributed by atoms with Crippen molar-refractivity contribution in [2.24, 2.45) is 5.92 Å². The van der Waals surface area contributed by atoms with Gasteiger partial charge in [0, 0.05) is 0 Å². The summed E-state index contributed by atoms with van der Waals surface area (Å²) >= 11 is 0. The molecule has 5 nitrogen and oxygen atoms in total. The maximum absolute atomic E-state index is 12.1. The van der Waals surface area contributed by atoms with Crippen LogP contribution in [0.3, 0.4) is 0 Å². The van der Waals surface area contributed by atoms with E-state index in [4.69, 9.17) is 9.47 Å². The Labute approximate surface area is 102 Å². The molecule has 2 rings (SSSR count). The van der Waals surface area contributed by atoms with Gasteiger partial charge in [-0.05, 0) is 5.92 Å². The van der Waals surface area contributed by atoms with Crippen molar-refractivity contribution in [2.45, 2.75) is 32.4 Å². The average molecular weight is 242 g/mol. The van der Waals surface area contributed by atoms with Crippen molar-refractivity contribution < 1.29 is 14.3 Å². The molecular formula is C12H22N2O3. The lowest BCUT2D eigenvalue weighted by Crippen LogP contribution is -2.42. The molecule has 0 spiro atoms. The van der Waals surface area contributed by atoms with Gasteiger partial charge in [-0.1, -0.05) is 20.3 Å². The van der Waals surface area contributed by atoms with E-state index in [0.29, 0.717) is 39.0 Å². The third-order valence-electron chi connectivity index (χ3n) is 3.60. The van der Waals surface area contributed by atoms with Crippen LogP contribution in [0.25, 0.3) is 0 Å². The smallest absolute Gasteiger partial charge is 0.241 e. The van der Waals surface area contributed by atoms with E-state index in [2.05, 4.69) is 19.2 Å². The normalized spacial score (nSPS) is 31.9. The van der Waals surface area contributed by atoms with Gasteiger partial charge >= 0.3 is 0 Å². The standard InChI is InChI=1S/C12H22N2O3/c1-3-9(2)11-12(15)14(8-13-11)6-10-7-16-4-5-17-10/h9-11,13H,3-8H2,1-2H3. The third kappa shape index (κ3) is 2.97. The van der Waals surface area contributed by atoms with Crippen LogP contribution in [0.2, 0.25) is 0 Å². The van der Waals surface area contributed by atoms with E-state index >= 15 is 0 Å². The molecule has 2 aliphatic rings. The molecule has 1 amide bonds. The van der Waals surface area contributed by atoms with Crippen LogP contribution in [0.15, 0.2) is 0 Å². The fourth-order valence-electron chi connectivity index (χ4n) is 2.29. The molecule has 0 aliphatic carbocycles. The first kappa shape index (κ1) is 12.8. The number of carbonyl (C=O) groups is 1. The Balaban J connectivity index is 1.84. The van der Waals surface area contributed by atoms with Crippen molar-refractivity contribution >= 4 is 5.91 Å². The van der Waals surface area contributed by atoms with E-state index in [9.17, 15) is 4.79 Å². The zero-order valence-corrected chi connectivity index (χ0v) is 10.6. The molecule has 0 aromatic carbocycles. The molecule has 1 N–H and O–H groups in total. The van der Waals surface area contributed by atoms with Gasteiger partial charge in [0.05, 0.1) is 45.2 Å². The molecule has 2 heterocycles. The first-order valence-corrected chi connectivity index (χ1v) is 6.44. The van der Waals surface area contributed by atoms with E-state index in [1.54, 1.807) is 0 Å². The van der Waals surface area contributed by atoms with Crippen molar-refractivity contribution in [1.29, 1.82) is 0 Å². The first-order valence-electron chi connectivity index (χ1n) is 6.44. The largest absolute Gasteiger partial charge is 0.376 e. The number of amides is 1. The summed E-state index contributed by atoms with van der Waals surface area (Å²) in [7, 11) is 0. The first-order chi connectivity index (χ1) is 8.22. The molecule has 3 unspecified atom stereocenters. The summed E-state index contributed by atoms with van der Waals surface area (Å²) in [6.07, 6.45) is 1.05. The minimum atomic E-state index is -0.0236. The van der Waals surface area contributed by atoms with Crippen LogP contribution in [0, 0.1) is 5.92 Å². The summed E-state index contributed by atoms with van der Waals surface area (Å²) < 4.78 is 10.9. The molecule has 0 bridgehead atoms. The SMILES string of the molecule is CCC(C)C1NCN(CC2COCCO2)C1=O. The van der Waals surface area contributed by atoms with E-state index < -0.39 is 0 Å². The Morgan fingerprint density at radius 3 is 3.00 bits per heavy atom. The topological polar surface area (TPSA) is 50.8 Å². The van der Waals surface area contributed by atoms with Crippen molar-refractivity contribution in [2.75, 3.05) is 33.0 Å². The number of rotatable bonds is 4. The minimum Gasteiger partial charge on any atom is -0.376 e. The van der Waals surface area contributed by atoms with Gasteiger partial charge in [0.25, 0.3) is 0 Å². The van der Waals surface area contributed by atoms with Crippen molar-refractivity contribution in [3.8, 4) is 0 Å². The lowest BCUT2D eigenvalue weighted by atomic mass is 9.99. The highest BCUT2D eigenvalue weighted by Gasteiger charge is 2.35. The molecule has 0 radical (unpaired) electrons. The van der Waals surface area contributed by atoms with Gasteiger partial charge in [-0.3, -0.25) is 10.1 Å². The maximum Gasteiger partial charge on any atom is 0.241 e. The molecule has 5 heteroatoms. The Morgan fingerprint density at radius 1 is 1.53 bits per heavy atom. The van der Waals surface area contributed by atoms with Crippen LogP contribution in [0.4, 0.5) is 0 Å². The molecule has 0 aromatic rings. The molecule has 98 valence electrons. The monoisotopic (exact) mass is 242 g/mol. The summed E-state index contributed by atoms with van der Waals surface area (Å²) in [6.45, 7) is 7.39. The van der Waals surface area contributed by atoms with Crippen molar-refractivity contribution in [3.05, 3.63) is 0 Å². The molecule has 3 atom stereocenters. The second-order valence-electron chi connectivity index (χ2n) is 4.85. The number of ether oxygens (including phenoxy) is 2. The quantitative estimate of drug-likeness (QED) is 0.765. The summed E-state index contributed by atoms with van der Waals surface area (Å²) in [5.41, 5.74) is 0. The van der Waals surface area contributed by atoms with E-state index in [1.165, 1.54) is 0 Å². The van der Waals surface area contributed by atoms with E-state index in [1.807, 2.05) is 4.90 Å². The number of hydrogen-bond acceptors (Lipinski definition) is 4. The number of carbonyl (C=O) groups excluding carboxylic acids is 1. The summed E-state index contributed by atoms with van der Waals surface area (Å²) in [6, 6.07) is -0.0236. The average Bonchev–Trinajstić information content (AvgIpc) is 2.72. The predicted octanol–water partition coefficient (Wildman–Crippen LogP) is 0.206. The van der Waals surface area contributed by atoms with Gasteiger partial charge in [-0.25, -0.2) is 0 Å². The minimum absolute atomic E-state index is 0.0236. The van der Waals surface area contributed by atoms with Crippen LogP contribution in [0.1, 0.15) is 20.3 Å². The van der Waals surface area contributed by atoms with Crippen LogP contribution in [-0.4, -0.2) is 56.0 Å². The van der Waals surface area contributed by atoms with E-state index in [-0.39, 0.29) is 18.1 Å². The Hall–Kier alpha value is -0.650. The summed E-state index contributed by atoms with van der Waals surface area (Å²) in [5, 5.41) is 3.28. The second-order valence-corrected chi connectivity index (χ2v) is 4.85. The maximum atomic E-state index is 12.1. The van der Waals surface area contributed by atoms with Gasteiger partial charge in [0.15, 0.2) is 0 Å². The zero-order chi connectivity index (χ0) is 12.3. The highest BCUT2D eigenvalue weighted by atomic mass is 16.6. The Morgan fingerprint density at radius 2 is 2.35 bits per heavy atom. The Bertz CT molecular complexity index is 266. The fraction of sp³-hybridized carbons (Fsp3) is 0.917. The van der Waals surface area contributed by atoms with Gasteiger partial charge < -0.3 is 14.4 Å². The molecule has 2 fully saturated rings. The van der Waals surface area contributed by atoms with Crippen LogP contribution in [-0.2, 0) is 14.3 Å². The Kier molecular flexibility index (Phi) is 4.36. The second kappa shape index (κ2) is 5.80. The number of hydrogen-bond donors (Lipinski definition) is 1. The predicted molar refractivity (Wildman–Crippen MR) is 63.5 cm³/mol. The molecule has 0 saturated carbocycles. The van der Waals surface area contributed by atoms with Crippen LogP contribution >= 0.6 is 0 Å². The van der Waals surface area contributed by atoms with E-state index in [0.717, 1.165) is 6.42 Å². The lowest BCUT2D eigenvalue weighted by molar-refractivity contribution is -0.135. The third-order valence-corrected chi connectivity index (χ3v) is 3.60. The number of nitrogens with zero attached hydrogens (tertiary/aromatic N) is 1. The molecular weight excluding hydrogens is 220 g/mol. The molecule has 2 aliphatic heterocycles. The molecule has 0 aromatic heterocycles. The van der Waals surface area contributed by atoms with Gasteiger partial charge in [0.1, 0.15) is 0 Å². The van der Waals surface area contributed by atoms with Crippen LogP contribution < -0.4 is 5.32 Å². The highest BCUT2D eigenvalue weighted by molar-refractivity contribution is 5.84. The lowest BCUT2D eigenvalue weighted by Gasteiger charge is -2.27. The zero-order valence-electron chi connectivity index (χ0n) is 10.6. The summed E-state index contributed by atoms with van der Waals surface area (Å²) in [5.74, 6) is 0.588. The van der Waals surface area contributed by atoms with Crippen LogP contribution in [0.5, 0.6) is 0 Å². The summed E-state index contributed by atoms with van der Waals surface area (Å²) in [4.78, 5) is 14.0. The highest BCUT2D eigenvalue weighted by Crippen LogP contribution is 2.16. The molecule has 2 saturated heterocycles. The van der Waals surface area contributed by atoms with Gasteiger partial charge in [-0.2, -0.15) is 0 Å². The van der Waals surface area contributed by atoms with Crippen molar-refractivity contribution in [1.82, 2.24) is 10.2 Å². The number of nitrogens with one attached hydrogen (secondary N) is 1. The fourth-order valence-corrected chi connectivity index (χ4v) is 2.29. The molecule has 17 heavy (non-hydrogen) atoms. The van der Waals surface area contributed by atoms with Gasteiger partial charge in [-0.15, -0.1) is 0 Å². The van der Waals surface area contributed by atoms with Gasteiger partial charge in [0.2, 0.25) is 5.91 Å². The van der Waals surface area contributed by atoms with Crippen molar-refractivity contribution in [3.63, 3.8) is 0 Å².